The summed E-state index contributed by atoms with van der Waals surface area (Å²) in [5, 5.41) is 22.5. The highest BCUT2D eigenvalue weighted by atomic mass is 35.5. The van der Waals surface area contributed by atoms with Crippen LogP contribution in [0.2, 0.25) is 5.02 Å². The number of hydrogen-bond donors (Lipinski definition) is 3. The van der Waals surface area contributed by atoms with E-state index < -0.39 is 17.5 Å². The molecule has 2 aliphatic rings. The Morgan fingerprint density at radius 3 is 2.53 bits per heavy atom. The summed E-state index contributed by atoms with van der Waals surface area (Å²) in [7, 11) is 4.01. The average molecular weight is 830 g/mol. The van der Waals surface area contributed by atoms with E-state index in [9.17, 15) is 28.7 Å². The summed E-state index contributed by atoms with van der Waals surface area (Å²) >= 11 is 6.55. The fraction of sp³-hybridized carbons (Fsp3) is 0.452. The number of nitrogens with zero attached hydrogens (tertiary/aromatic N) is 7. The van der Waals surface area contributed by atoms with E-state index >= 15 is 0 Å². The number of hydrogen-bond acceptors (Lipinski definition) is 10. The minimum atomic E-state index is -1.24. The second kappa shape index (κ2) is 18.2. The van der Waals surface area contributed by atoms with Gasteiger partial charge in [-0.3, -0.25) is 33.4 Å². The first-order chi connectivity index (χ1) is 28.4. The molecule has 3 amide bonds. The van der Waals surface area contributed by atoms with Crippen LogP contribution < -0.4 is 20.9 Å². The molecular weight excluding hydrogens is 781 g/mol. The number of aliphatic hydroxyl groups is 1. The lowest BCUT2D eigenvalue weighted by atomic mass is 9.90. The van der Waals surface area contributed by atoms with Gasteiger partial charge in [-0.2, -0.15) is 4.39 Å². The van der Waals surface area contributed by atoms with Gasteiger partial charge in [0.2, 0.25) is 11.9 Å². The molecule has 1 saturated heterocycles. The number of carbonyl (C=O) groups is 3. The van der Waals surface area contributed by atoms with E-state index in [0.29, 0.717) is 52.6 Å². The maximum absolute atomic E-state index is 13.9. The molecule has 312 valence electrons. The van der Waals surface area contributed by atoms with Gasteiger partial charge in [0.25, 0.3) is 17.4 Å². The van der Waals surface area contributed by atoms with Crippen molar-refractivity contribution in [3.8, 4) is 5.75 Å². The fourth-order valence-corrected chi connectivity index (χ4v) is 7.64. The maximum atomic E-state index is 13.9. The topological polar surface area (TPSA) is 177 Å². The quantitative estimate of drug-likeness (QED) is 0.116. The highest BCUT2D eigenvalue weighted by Gasteiger charge is 2.37. The lowest BCUT2D eigenvalue weighted by Gasteiger charge is -2.39. The monoisotopic (exact) mass is 829 g/mol. The van der Waals surface area contributed by atoms with Gasteiger partial charge in [0.15, 0.2) is 0 Å². The van der Waals surface area contributed by atoms with Crippen LogP contribution in [0.5, 0.6) is 5.75 Å². The van der Waals surface area contributed by atoms with Crippen LogP contribution in [0.15, 0.2) is 66.0 Å². The number of rotatable bonds is 17. The zero-order valence-electron chi connectivity index (χ0n) is 33.2. The smallest absolute Gasteiger partial charge is 0.261 e. The highest BCUT2D eigenvalue weighted by Crippen LogP contribution is 2.29. The summed E-state index contributed by atoms with van der Waals surface area (Å²) in [5.74, 6) is -1.37. The molecule has 1 atom stereocenters. The van der Waals surface area contributed by atoms with Crippen LogP contribution in [-0.4, -0.2) is 115 Å². The van der Waals surface area contributed by atoms with Crippen molar-refractivity contribution < 1.29 is 28.6 Å². The molecule has 3 N–H and O–H groups in total. The van der Waals surface area contributed by atoms with Gasteiger partial charge in [-0.05, 0) is 83.3 Å². The first kappa shape index (κ1) is 41.7. The number of piperidine rings is 1. The van der Waals surface area contributed by atoms with Gasteiger partial charge in [0.05, 0.1) is 64.5 Å². The minimum absolute atomic E-state index is 0.0220. The Labute approximate surface area is 345 Å². The number of benzene rings is 2. The molecule has 0 radical (unpaired) electrons. The third kappa shape index (κ3) is 10.4. The van der Waals surface area contributed by atoms with Crippen LogP contribution >= 0.6 is 11.6 Å². The van der Waals surface area contributed by atoms with E-state index in [-0.39, 0.29) is 85.5 Å². The molecule has 1 unspecified atom stereocenters. The van der Waals surface area contributed by atoms with Gasteiger partial charge in [-0.15, -0.1) is 5.10 Å². The zero-order chi connectivity index (χ0) is 41.7. The number of aromatic nitrogens is 5. The summed E-state index contributed by atoms with van der Waals surface area (Å²) in [4.78, 5) is 65.7. The fourth-order valence-electron chi connectivity index (χ4n) is 7.35. The third-order valence-electron chi connectivity index (χ3n) is 10.9. The molecule has 7 rings (SSSR count). The molecule has 2 fully saturated rings. The number of ether oxygens (including phenoxy) is 1. The number of halogens is 2. The van der Waals surface area contributed by atoms with E-state index in [1.807, 2.05) is 14.1 Å². The Morgan fingerprint density at radius 1 is 1.03 bits per heavy atom. The summed E-state index contributed by atoms with van der Waals surface area (Å²) in [6.07, 6.45) is 8.39. The first-order valence-electron chi connectivity index (χ1n) is 20.0. The molecule has 59 heavy (non-hydrogen) atoms. The van der Waals surface area contributed by atoms with E-state index in [1.54, 1.807) is 41.3 Å². The normalized spacial score (nSPS) is 15.7. The summed E-state index contributed by atoms with van der Waals surface area (Å²) in [5.41, 5.74) is 0.116. The Morgan fingerprint density at radius 2 is 1.80 bits per heavy atom. The van der Waals surface area contributed by atoms with Crippen molar-refractivity contribution in [1.29, 1.82) is 0 Å². The maximum Gasteiger partial charge on any atom is 0.261 e. The van der Waals surface area contributed by atoms with Crippen molar-refractivity contribution in [1.82, 2.24) is 44.7 Å². The van der Waals surface area contributed by atoms with Crippen LogP contribution in [0.25, 0.3) is 21.8 Å². The van der Waals surface area contributed by atoms with Gasteiger partial charge in [0.1, 0.15) is 5.75 Å². The van der Waals surface area contributed by atoms with E-state index in [0.717, 1.165) is 25.8 Å². The van der Waals surface area contributed by atoms with Crippen molar-refractivity contribution in [2.24, 2.45) is 5.92 Å². The predicted molar refractivity (Wildman–Crippen MR) is 220 cm³/mol. The summed E-state index contributed by atoms with van der Waals surface area (Å²) in [6, 6.07) is 11.5. The van der Waals surface area contributed by atoms with Crippen LogP contribution in [-0.2, 0) is 17.9 Å². The summed E-state index contributed by atoms with van der Waals surface area (Å²) in [6.45, 7) is 2.38. The second-order valence-electron chi connectivity index (χ2n) is 15.8. The molecule has 3 aromatic heterocycles. The van der Waals surface area contributed by atoms with Crippen LogP contribution in [0.1, 0.15) is 65.7 Å². The Balaban J connectivity index is 0.930. The van der Waals surface area contributed by atoms with E-state index in [1.165, 1.54) is 34.0 Å². The van der Waals surface area contributed by atoms with Gasteiger partial charge in [-0.1, -0.05) is 17.7 Å². The Hall–Kier alpha value is -5.45. The van der Waals surface area contributed by atoms with Crippen molar-refractivity contribution in [2.75, 3.05) is 46.9 Å². The van der Waals surface area contributed by atoms with Gasteiger partial charge < -0.3 is 30.3 Å². The number of carbonyl (C=O) groups excluding carboxylic acids is 3. The number of nitrogens with one attached hydrogen (secondary N) is 2. The molecule has 1 aliphatic carbocycles. The first-order valence-corrected chi connectivity index (χ1v) is 20.4. The van der Waals surface area contributed by atoms with Crippen LogP contribution in [0.3, 0.4) is 0 Å². The molecule has 1 saturated carbocycles. The van der Waals surface area contributed by atoms with Gasteiger partial charge >= 0.3 is 0 Å². The molecular formula is C42H49ClFN9O6. The van der Waals surface area contributed by atoms with Crippen molar-refractivity contribution in [3.63, 3.8) is 0 Å². The van der Waals surface area contributed by atoms with Crippen LogP contribution in [0, 0.1) is 11.9 Å². The Bertz CT molecular complexity index is 2390. The molecule has 0 spiro atoms. The predicted octanol–water partition coefficient (Wildman–Crippen LogP) is 4.04. The molecule has 17 heteroatoms. The molecule has 15 nitrogen and oxygen atoms in total. The van der Waals surface area contributed by atoms with Gasteiger partial charge in [-0.25, -0.2) is 4.98 Å². The zero-order valence-corrected chi connectivity index (χ0v) is 34.0. The molecule has 5 aromatic rings. The number of pyridine rings is 1. The molecule has 4 heterocycles. The average Bonchev–Trinajstić information content (AvgIpc) is 3.94. The summed E-state index contributed by atoms with van der Waals surface area (Å²) < 4.78 is 22.5. The third-order valence-corrected chi connectivity index (χ3v) is 11.3. The van der Waals surface area contributed by atoms with Crippen molar-refractivity contribution in [3.05, 3.63) is 93.6 Å². The van der Waals surface area contributed by atoms with Gasteiger partial charge in [0, 0.05) is 67.7 Å². The van der Waals surface area contributed by atoms with Crippen molar-refractivity contribution in [2.45, 2.75) is 69.7 Å². The highest BCUT2D eigenvalue weighted by molar-refractivity contribution is 6.38. The standard InChI is InChI=1S/C42H49ClFN9O6/c1-50(2)16-4-20-59-30-9-11-32-35(22-30)47-26-52(41(32)57)25-42(58)13-18-51(19-14-42)40(56)28(24-53-17-12-36(44)49-53)5-3-15-45-38(54)27-6-10-31-34(21-27)46-23-33(37(31)43)39(55)48-29-7-8-29/h6,9-12,17,21-23,26,28-29,58H,3-5,7-8,13-16,18-20,24-25H2,1-2H3,(H,45,54)(H,48,55). The molecule has 1 aliphatic heterocycles. The van der Waals surface area contributed by atoms with E-state index in [2.05, 4.69) is 30.6 Å². The lowest BCUT2D eigenvalue weighted by molar-refractivity contribution is -0.141. The van der Waals surface area contributed by atoms with E-state index in [4.69, 9.17) is 16.3 Å². The van der Waals surface area contributed by atoms with Crippen molar-refractivity contribution >= 4 is 51.1 Å². The lowest BCUT2D eigenvalue weighted by Crippen LogP contribution is -2.51. The number of amides is 3. The SMILES string of the molecule is CN(C)CCCOc1ccc2c(=O)n(CC3(O)CCN(C(=O)C(CCCNC(=O)c4ccc5c(Cl)c(C(=O)NC6CC6)cnc5c4)Cn4ccc(F)n4)CC3)cnc2c1. The van der Waals surface area contributed by atoms with Crippen LogP contribution in [0.4, 0.5) is 4.39 Å². The largest absolute Gasteiger partial charge is 0.493 e. The molecule has 0 bridgehead atoms. The number of fused-ring (bicyclic) bond motifs is 2. The minimum Gasteiger partial charge on any atom is -0.493 e. The molecule has 2 aromatic carbocycles. The Kier molecular flexibility index (Phi) is 12.9. The number of likely N-dealkylation sites (tertiary alicyclic amines) is 1. The second-order valence-corrected chi connectivity index (χ2v) is 16.2.